The zero-order valence-corrected chi connectivity index (χ0v) is 9.88. The predicted molar refractivity (Wildman–Crippen MR) is 69.6 cm³/mol. The number of aromatic amines is 1. The minimum absolute atomic E-state index is 0.281. The van der Waals surface area contributed by atoms with Crippen LogP contribution in [0.15, 0.2) is 59.5 Å². The lowest BCUT2D eigenvalue weighted by molar-refractivity contribution is 0.630. The number of nitrogens with one attached hydrogen (secondary N) is 1. The van der Waals surface area contributed by atoms with Crippen molar-refractivity contribution in [3.63, 3.8) is 0 Å². The van der Waals surface area contributed by atoms with Gasteiger partial charge in [-0.3, -0.25) is 9.89 Å². The van der Waals surface area contributed by atoms with Crippen LogP contribution >= 0.6 is 0 Å². The molecule has 0 radical (unpaired) electrons. The summed E-state index contributed by atoms with van der Waals surface area (Å²) >= 11 is 0. The molecule has 19 heavy (non-hydrogen) atoms. The fourth-order valence-electron chi connectivity index (χ4n) is 1.87. The number of nitrogens with zero attached hydrogens (tertiary/aromatic N) is 2. The van der Waals surface area contributed by atoms with Crippen LogP contribution in [-0.4, -0.2) is 14.8 Å². The Morgan fingerprint density at radius 3 is 2.63 bits per heavy atom. The number of halogens is 1. The van der Waals surface area contributed by atoms with E-state index in [1.54, 1.807) is 42.6 Å². The molecule has 0 bridgehead atoms. The number of rotatable bonds is 2. The van der Waals surface area contributed by atoms with Crippen LogP contribution in [-0.2, 0) is 0 Å². The molecule has 3 rings (SSSR count). The molecule has 94 valence electrons. The van der Waals surface area contributed by atoms with Crippen molar-refractivity contribution >= 4 is 0 Å². The molecule has 0 aliphatic carbocycles. The Bertz CT molecular complexity index is 762. The first-order chi connectivity index (χ1) is 9.25. The Balaban J connectivity index is 2.13. The fraction of sp³-hybridized carbons (Fsp3) is 0. The highest BCUT2D eigenvalue weighted by Crippen LogP contribution is 2.19. The molecule has 0 unspecified atom stereocenters. The molecule has 5 heteroatoms. The lowest BCUT2D eigenvalue weighted by Crippen LogP contribution is -2.14. The highest BCUT2D eigenvalue weighted by molar-refractivity contribution is 5.59. The smallest absolute Gasteiger partial charge is 0.273 e. The van der Waals surface area contributed by atoms with Crippen LogP contribution in [0.1, 0.15) is 0 Å². The number of H-pyrrole nitrogens is 1. The fourth-order valence-corrected chi connectivity index (χ4v) is 1.87. The maximum absolute atomic E-state index is 13.7. The summed E-state index contributed by atoms with van der Waals surface area (Å²) in [4.78, 5) is 16.0. The van der Waals surface area contributed by atoms with Crippen LogP contribution in [0.3, 0.4) is 0 Å². The van der Waals surface area contributed by atoms with Gasteiger partial charge in [0.05, 0.1) is 5.69 Å². The molecule has 0 spiro atoms. The van der Waals surface area contributed by atoms with Gasteiger partial charge in [-0.1, -0.05) is 18.2 Å². The summed E-state index contributed by atoms with van der Waals surface area (Å²) in [5, 5.41) is 2.86. The summed E-state index contributed by atoms with van der Waals surface area (Å²) in [7, 11) is 0. The first kappa shape index (κ1) is 11.4. The third kappa shape index (κ3) is 2.06. The molecule has 0 aliphatic rings. The maximum Gasteiger partial charge on any atom is 0.273 e. The van der Waals surface area contributed by atoms with Crippen molar-refractivity contribution in [2.24, 2.45) is 0 Å². The number of benzene rings is 1. The molecule has 0 fully saturated rings. The largest absolute Gasteiger partial charge is 0.289 e. The Morgan fingerprint density at radius 1 is 1.11 bits per heavy atom. The number of hydrogen-bond acceptors (Lipinski definition) is 2. The number of aromatic nitrogens is 3. The summed E-state index contributed by atoms with van der Waals surface area (Å²) < 4.78 is 15.0. The van der Waals surface area contributed by atoms with E-state index >= 15 is 0 Å². The summed E-state index contributed by atoms with van der Waals surface area (Å²) in [5.41, 5.74) is 0.500. The van der Waals surface area contributed by atoms with Crippen molar-refractivity contribution in [2.45, 2.75) is 0 Å². The average Bonchev–Trinajstić information content (AvgIpc) is 2.82. The summed E-state index contributed by atoms with van der Waals surface area (Å²) in [5.74, 6) is 0.0898. The van der Waals surface area contributed by atoms with E-state index in [2.05, 4.69) is 10.1 Å². The molecule has 1 aromatic carbocycles. The summed E-state index contributed by atoms with van der Waals surface area (Å²) in [6.45, 7) is 0. The van der Waals surface area contributed by atoms with Crippen LogP contribution < -0.4 is 5.56 Å². The highest BCUT2D eigenvalue weighted by atomic mass is 19.1. The SMILES string of the molecule is O=c1cc(-c2ccccc2F)[nH]n1-c1ccccn1. The van der Waals surface area contributed by atoms with Crippen molar-refractivity contribution in [3.05, 3.63) is 70.9 Å². The number of pyridine rings is 1. The van der Waals surface area contributed by atoms with Gasteiger partial charge in [-0.25, -0.2) is 14.1 Å². The molecule has 2 heterocycles. The zero-order chi connectivity index (χ0) is 13.2. The van der Waals surface area contributed by atoms with Gasteiger partial charge in [0.15, 0.2) is 5.82 Å². The Hall–Kier alpha value is -2.69. The highest BCUT2D eigenvalue weighted by Gasteiger charge is 2.10. The van der Waals surface area contributed by atoms with Gasteiger partial charge in [0.1, 0.15) is 5.82 Å². The van der Waals surface area contributed by atoms with Gasteiger partial charge >= 0.3 is 0 Å². The number of hydrogen-bond donors (Lipinski definition) is 1. The molecule has 0 saturated carbocycles. The second-order valence-electron chi connectivity index (χ2n) is 4.01. The van der Waals surface area contributed by atoms with E-state index in [9.17, 15) is 9.18 Å². The third-order valence-corrected chi connectivity index (χ3v) is 2.76. The summed E-state index contributed by atoms with van der Waals surface area (Å²) in [6.07, 6.45) is 1.59. The van der Waals surface area contributed by atoms with E-state index < -0.39 is 0 Å². The van der Waals surface area contributed by atoms with Crippen molar-refractivity contribution in [1.29, 1.82) is 0 Å². The molecular weight excluding hydrogens is 245 g/mol. The van der Waals surface area contributed by atoms with E-state index in [-0.39, 0.29) is 11.4 Å². The molecule has 2 aromatic heterocycles. The lowest BCUT2D eigenvalue weighted by atomic mass is 10.1. The van der Waals surface area contributed by atoms with Crippen molar-refractivity contribution in [1.82, 2.24) is 14.8 Å². The van der Waals surface area contributed by atoms with Crippen molar-refractivity contribution in [2.75, 3.05) is 0 Å². The van der Waals surface area contributed by atoms with E-state index in [0.717, 1.165) is 0 Å². The minimum atomic E-state index is -0.378. The Morgan fingerprint density at radius 2 is 1.89 bits per heavy atom. The van der Waals surface area contributed by atoms with E-state index in [1.165, 1.54) is 16.8 Å². The second-order valence-corrected chi connectivity index (χ2v) is 4.01. The molecule has 0 saturated heterocycles. The van der Waals surface area contributed by atoms with Crippen molar-refractivity contribution in [3.8, 4) is 17.1 Å². The van der Waals surface area contributed by atoms with Crippen molar-refractivity contribution < 1.29 is 4.39 Å². The van der Waals surface area contributed by atoms with Crippen LogP contribution in [0.2, 0.25) is 0 Å². The Labute approximate surface area is 108 Å². The van der Waals surface area contributed by atoms with Gasteiger partial charge < -0.3 is 0 Å². The van der Waals surface area contributed by atoms with E-state index in [4.69, 9.17) is 0 Å². The molecule has 3 aromatic rings. The van der Waals surface area contributed by atoms with Gasteiger partial charge in [-0.05, 0) is 24.3 Å². The molecule has 0 atom stereocenters. The second kappa shape index (κ2) is 4.53. The molecule has 0 aliphatic heterocycles. The molecular formula is C14H10FN3O. The van der Waals surface area contributed by atoms with E-state index in [1.807, 2.05) is 0 Å². The van der Waals surface area contributed by atoms with Crippen LogP contribution in [0.4, 0.5) is 4.39 Å². The Kier molecular flexibility index (Phi) is 2.72. The molecule has 1 N–H and O–H groups in total. The third-order valence-electron chi connectivity index (χ3n) is 2.76. The zero-order valence-electron chi connectivity index (χ0n) is 9.88. The van der Waals surface area contributed by atoms with Crippen LogP contribution in [0.25, 0.3) is 17.1 Å². The van der Waals surface area contributed by atoms with Crippen LogP contribution in [0.5, 0.6) is 0 Å². The quantitative estimate of drug-likeness (QED) is 0.764. The van der Waals surface area contributed by atoms with Gasteiger partial charge in [-0.2, -0.15) is 0 Å². The topological polar surface area (TPSA) is 50.7 Å². The standard InChI is InChI=1S/C14H10FN3O/c15-11-6-2-1-5-10(11)12-9-14(19)18(17-12)13-7-3-4-8-16-13/h1-9,17H. The molecule has 0 amide bonds. The van der Waals surface area contributed by atoms with Gasteiger partial charge in [0.25, 0.3) is 5.56 Å². The average molecular weight is 255 g/mol. The maximum atomic E-state index is 13.7. The monoisotopic (exact) mass is 255 g/mol. The minimum Gasteiger partial charge on any atom is -0.289 e. The van der Waals surface area contributed by atoms with E-state index in [0.29, 0.717) is 17.1 Å². The molecule has 4 nitrogen and oxygen atoms in total. The van der Waals surface area contributed by atoms with Crippen LogP contribution in [0, 0.1) is 5.82 Å². The first-order valence-electron chi connectivity index (χ1n) is 5.74. The first-order valence-corrected chi connectivity index (χ1v) is 5.74. The summed E-state index contributed by atoms with van der Waals surface area (Å²) in [6, 6.07) is 12.9. The normalized spacial score (nSPS) is 10.6. The van der Waals surface area contributed by atoms with Gasteiger partial charge in [-0.15, -0.1) is 0 Å². The van der Waals surface area contributed by atoms with Gasteiger partial charge in [0, 0.05) is 17.8 Å². The lowest BCUT2D eigenvalue weighted by Gasteiger charge is -2.01. The van der Waals surface area contributed by atoms with Gasteiger partial charge in [0.2, 0.25) is 0 Å². The predicted octanol–water partition coefficient (Wildman–Crippen LogP) is 2.37.